The zero-order valence-electron chi connectivity index (χ0n) is 21.8. The maximum atomic E-state index is 12.8. The molecule has 4 N–H and O–H groups in total. The number of hydrogen-bond acceptors (Lipinski definition) is 7. The van der Waals surface area contributed by atoms with Crippen LogP contribution in [0.3, 0.4) is 0 Å². The van der Waals surface area contributed by atoms with Crippen molar-refractivity contribution in [3.63, 3.8) is 0 Å². The molecule has 4 heterocycles. The monoisotopic (exact) mass is 533 g/mol. The standard InChI is InChI=1S/C26H34F3N7O2/c1-17(2)26(30,24(37)34-16-25(27,28)29)19-10-18(12-31-13-19)22-15-33-23-21(22)11-20(14-32-23)38-9-8-36-6-4-35(3)5-7-36/h10-15,17H,4-9,16,30H2,1-3H3,(H,32,33)(H,34,37). The van der Waals surface area contributed by atoms with Crippen LogP contribution in [0, 0.1) is 5.92 Å². The van der Waals surface area contributed by atoms with Gasteiger partial charge in [-0.2, -0.15) is 13.2 Å². The Morgan fingerprint density at radius 2 is 1.92 bits per heavy atom. The number of pyridine rings is 2. The zero-order valence-corrected chi connectivity index (χ0v) is 21.8. The molecule has 1 atom stereocenters. The molecule has 1 saturated heterocycles. The first-order valence-corrected chi connectivity index (χ1v) is 12.6. The van der Waals surface area contributed by atoms with E-state index in [4.69, 9.17) is 10.5 Å². The van der Waals surface area contributed by atoms with Crippen LogP contribution in [-0.4, -0.2) is 89.8 Å². The number of nitrogens with one attached hydrogen (secondary N) is 2. The number of H-pyrrole nitrogens is 1. The van der Waals surface area contributed by atoms with E-state index in [-0.39, 0.29) is 0 Å². The second-order valence-electron chi connectivity index (χ2n) is 10.0. The van der Waals surface area contributed by atoms with Gasteiger partial charge in [0, 0.05) is 73.4 Å². The molecule has 0 aromatic carbocycles. The van der Waals surface area contributed by atoms with Crippen LogP contribution in [0.2, 0.25) is 0 Å². The lowest BCUT2D eigenvalue weighted by molar-refractivity contribution is -0.143. The van der Waals surface area contributed by atoms with E-state index in [1.807, 2.05) is 11.4 Å². The van der Waals surface area contributed by atoms with E-state index in [9.17, 15) is 18.0 Å². The number of piperazine rings is 1. The second kappa shape index (κ2) is 11.3. The Kier molecular flexibility index (Phi) is 8.24. The average Bonchev–Trinajstić information content (AvgIpc) is 3.31. The number of carbonyl (C=O) groups excluding carboxylic acids is 1. The summed E-state index contributed by atoms with van der Waals surface area (Å²) in [6.45, 7) is 7.35. The number of fused-ring (bicyclic) bond motifs is 1. The van der Waals surface area contributed by atoms with Crippen LogP contribution in [0.4, 0.5) is 13.2 Å². The van der Waals surface area contributed by atoms with E-state index in [1.165, 1.54) is 6.20 Å². The van der Waals surface area contributed by atoms with Crippen molar-refractivity contribution in [1.29, 1.82) is 0 Å². The lowest BCUT2D eigenvalue weighted by atomic mass is 9.80. The summed E-state index contributed by atoms with van der Waals surface area (Å²) in [5, 5.41) is 2.71. The topological polar surface area (TPSA) is 112 Å². The van der Waals surface area contributed by atoms with Crippen molar-refractivity contribution in [2.24, 2.45) is 11.7 Å². The fraction of sp³-hybridized carbons (Fsp3) is 0.500. The number of likely N-dealkylation sites (N-methyl/N-ethyl adjacent to an activating group) is 1. The Bertz CT molecular complexity index is 1260. The molecule has 1 aliphatic heterocycles. The van der Waals surface area contributed by atoms with Gasteiger partial charge in [0.25, 0.3) is 0 Å². The zero-order chi connectivity index (χ0) is 27.5. The first-order valence-electron chi connectivity index (χ1n) is 12.6. The Balaban J connectivity index is 1.54. The maximum absolute atomic E-state index is 12.8. The summed E-state index contributed by atoms with van der Waals surface area (Å²) in [7, 11) is 2.12. The summed E-state index contributed by atoms with van der Waals surface area (Å²) >= 11 is 0. The van der Waals surface area contributed by atoms with Crippen molar-refractivity contribution >= 4 is 16.9 Å². The molecule has 1 amide bonds. The van der Waals surface area contributed by atoms with Gasteiger partial charge in [0.05, 0.1) is 6.20 Å². The molecule has 0 aliphatic carbocycles. The van der Waals surface area contributed by atoms with Gasteiger partial charge >= 0.3 is 6.18 Å². The van der Waals surface area contributed by atoms with Crippen molar-refractivity contribution in [2.75, 3.05) is 52.9 Å². The van der Waals surface area contributed by atoms with Gasteiger partial charge in [-0.05, 0) is 25.1 Å². The van der Waals surface area contributed by atoms with Gasteiger partial charge in [0.1, 0.15) is 30.1 Å². The predicted molar refractivity (Wildman–Crippen MR) is 139 cm³/mol. The second-order valence-corrected chi connectivity index (χ2v) is 10.0. The number of nitrogens with two attached hydrogens (primary N) is 1. The minimum atomic E-state index is -4.55. The summed E-state index contributed by atoms with van der Waals surface area (Å²) in [6, 6.07) is 3.57. The fourth-order valence-electron chi connectivity index (χ4n) is 4.53. The van der Waals surface area contributed by atoms with Gasteiger partial charge in [0.2, 0.25) is 5.91 Å². The number of aromatic amines is 1. The molecule has 0 bridgehead atoms. The molecule has 4 rings (SSSR count). The molecule has 1 unspecified atom stereocenters. The highest BCUT2D eigenvalue weighted by molar-refractivity contribution is 5.95. The predicted octanol–water partition coefficient (Wildman–Crippen LogP) is 2.74. The third-order valence-corrected chi connectivity index (χ3v) is 7.04. The van der Waals surface area contributed by atoms with Crippen LogP contribution in [0.25, 0.3) is 22.2 Å². The van der Waals surface area contributed by atoms with E-state index in [2.05, 4.69) is 31.8 Å². The summed E-state index contributed by atoms with van der Waals surface area (Å²) in [4.78, 5) is 29.3. The molecular formula is C26H34F3N7O2. The highest BCUT2D eigenvalue weighted by atomic mass is 19.4. The lowest BCUT2D eigenvalue weighted by Crippen LogP contribution is -2.56. The molecule has 38 heavy (non-hydrogen) atoms. The summed E-state index contributed by atoms with van der Waals surface area (Å²) < 4.78 is 44.2. The molecule has 0 spiro atoms. The van der Waals surface area contributed by atoms with E-state index in [1.54, 1.807) is 38.5 Å². The minimum Gasteiger partial charge on any atom is -0.491 e. The van der Waals surface area contributed by atoms with Crippen molar-refractivity contribution in [3.8, 4) is 16.9 Å². The van der Waals surface area contributed by atoms with Gasteiger partial charge in [-0.15, -0.1) is 0 Å². The highest BCUT2D eigenvalue weighted by Crippen LogP contribution is 2.34. The van der Waals surface area contributed by atoms with Crippen LogP contribution in [0.15, 0.2) is 36.9 Å². The van der Waals surface area contributed by atoms with Crippen molar-refractivity contribution in [1.82, 2.24) is 30.1 Å². The van der Waals surface area contributed by atoms with Crippen LogP contribution in [0.5, 0.6) is 5.75 Å². The molecule has 12 heteroatoms. The minimum absolute atomic E-state index is 0.312. The average molecular weight is 534 g/mol. The number of alkyl halides is 3. The molecule has 3 aromatic heterocycles. The van der Waals surface area contributed by atoms with Crippen LogP contribution in [-0.2, 0) is 10.3 Å². The van der Waals surface area contributed by atoms with Crippen LogP contribution >= 0.6 is 0 Å². The fourth-order valence-corrected chi connectivity index (χ4v) is 4.53. The molecule has 0 saturated carbocycles. The quantitative estimate of drug-likeness (QED) is 0.388. The number of nitrogens with zero attached hydrogens (tertiary/aromatic N) is 4. The third kappa shape index (κ3) is 6.25. The third-order valence-electron chi connectivity index (χ3n) is 7.04. The Morgan fingerprint density at radius 1 is 1.18 bits per heavy atom. The molecule has 1 fully saturated rings. The van der Waals surface area contributed by atoms with Gasteiger partial charge < -0.3 is 25.7 Å². The Morgan fingerprint density at radius 3 is 2.61 bits per heavy atom. The number of carbonyl (C=O) groups is 1. The number of aromatic nitrogens is 3. The van der Waals surface area contributed by atoms with Gasteiger partial charge in [-0.3, -0.25) is 14.7 Å². The highest BCUT2D eigenvalue weighted by Gasteiger charge is 2.41. The van der Waals surface area contributed by atoms with Gasteiger partial charge in [-0.25, -0.2) is 4.98 Å². The van der Waals surface area contributed by atoms with E-state index >= 15 is 0 Å². The largest absolute Gasteiger partial charge is 0.491 e. The molecule has 206 valence electrons. The van der Waals surface area contributed by atoms with E-state index in [0.29, 0.717) is 29.1 Å². The number of ether oxygens (including phenoxy) is 1. The Hall–Kier alpha value is -3.22. The molecule has 9 nitrogen and oxygen atoms in total. The molecule has 0 radical (unpaired) electrons. The summed E-state index contributed by atoms with van der Waals surface area (Å²) in [5.41, 5.74) is 7.09. The lowest BCUT2D eigenvalue weighted by Gasteiger charge is -2.32. The normalized spacial score (nSPS) is 17.1. The van der Waals surface area contributed by atoms with E-state index in [0.717, 1.165) is 43.7 Å². The summed E-state index contributed by atoms with van der Waals surface area (Å²) in [5.74, 6) is -0.795. The smallest absolute Gasteiger partial charge is 0.405 e. The number of rotatable bonds is 9. The van der Waals surface area contributed by atoms with Crippen molar-refractivity contribution < 1.29 is 22.7 Å². The van der Waals surface area contributed by atoms with Crippen molar-refractivity contribution in [3.05, 3.63) is 42.5 Å². The first kappa shape index (κ1) is 27.8. The SMILES string of the molecule is CC(C)C(N)(C(=O)NCC(F)(F)F)c1cncc(-c2c[nH]c3ncc(OCCN4CCN(C)CC4)cc23)c1. The first-order chi connectivity index (χ1) is 18.0. The number of halogens is 3. The molecular weight excluding hydrogens is 499 g/mol. The molecule has 3 aromatic rings. The van der Waals surface area contributed by atoms with Gasteiger partial charge in [-0.1, -0.05) is 13.8 Å². The van der Waals surface area contributed by atoms with Gasteiger partial charge in [0.15, 0.2) is 0 Å². The number of hydrogen-bond donors (Lipinski definition) is 3. The van der Waals surface area contributed by atoms with Crippen molar-refractivity contribution in [2.45, 2.75) is 25.6 Å². The van der Waals surface area contributed by atoms with E-state index < -0.39 is 30.1 Å². The van der Waals surface area contributed by atoms with Crippen LogP contribution < -0.4 is 15.8 Å². The maximum Gasteiger partial charge on any atom is 0.405 e. The van der Waals surface area contributed by atoms with Crippen LogP contribution in [0.1, 0.15) is 19.4 Å². The Labute approximate surface area is 219 Å². The summed E-state index contributed by atoms with van der Waals surface area (Å²) in [6.07, 6.45) is 1.91. The molecule has 1 aliphatic rings. The number of amides is 1.